The van der Waals surface area contributed by atoms with Gasteiger partial charge >= 0.3 is 0 Å². The minimum Gasteiger partial charge on any atom is -0.322 e. The molecule has 0 aromatic rings. The van der Waals surface area contributed by atoms with Gasteiger partial charge in [0.2, 0.25) is 5.91 Å². The molecule has 1 N–H and O–H groups in total. The summed E-state index contributed by atoms with van der Waals surface area (Å²) >= 11 is 0. The lowest BCUT2D eigenvalue weighted by atomic mass is 10.0. The summed E-state index contributed by atoms with van der Waals surface area (Å²) in [5, 5.41) is 3.56. The smallest absolute Gasteiger partial charge is 0.241 e. The normalized spacial score (nSPS) is 31.2. The predicted molar refractivity (Wildman–Crippen MR) is 82.7 cm³/mol. The van der Waals surface area contributed by atoms with E-state index in [0.717, 1.165) is 0 Å². The molecule has 1 saturated heterocycles. The molecule has 5 heteroatoms. The summed E-state index contributed by atoms with van der Waals surface area (Å²) in [5.41, 5.74) is 0. The minimum atomic E-state index is -0.867. The van der Waals surface area contributed by atoms with E-state index < -0.39 is 10.8 Å². The molecule has 4 nitrogen and oxygen atoms in total. The molecule has 2 aliphatic rings. The topological polar surface area (TPSA) is 49.4 Å². The highest BCUT2D eigenvalue weighted by Gasteiger charge is 2.46. The SMILES string of the molecule is CC(C)C1NC(C2CCCC2)N(C(C)CS(C)=O)C1=O. The van der Waals surface area contributed by atoms with Gasteiger partial charge in [0, 0.05) is 28.9 Å². The Bertz CT molecular complexity index is 380. The summed E-state index contributed by atoms with van der Waals surface area (Å²) in [4.78, 5) is 14.7. The largest absolute Gasteiger partial charge is 0.322 e. The monoisotopic (exact) mass is 300 g/mol. The third-order valence-corrected chi connectivity index (χ3v) is 5.59. The van der Waals surface area contributed by atoms with Crippen LogP contribution in [0.15, 0.2) is 0 Å². The molecule has 116 valence electrons. The van der Waals surface area contributed by atoms with Gasteiger partial charge in [-0.1, -0.05) is 26.7 Å². The van der Waals surface area contributed by atoms with Gasteiger partial charge in [-0.15, -0.1) is 0 Å². The summed E-state index contributed by atoms with van der Waals surface area (Å²) in [6, 6.07) is -0.0245. The summed E-state index contributed by atoms with van der Waals surface area (Å²) < 4.78 is 11.5. The van der Waals surface area contributed by atoms with Crippen molar-refractivity contribution >= 4 is 16.7 Å². The molecule has 1 aliphatic heterocycles. The molecule has 1 amide bonds. The van der Waals surface area contributed by atoms with Crippen molar-refractivity contribution in [2.45, 2.75) is 64.7 Å². The van der Waals surface area contributed by atoms with Gasteiger partial charge in [0.15, 0.2) is 0 Å². The lowest BCUT2D eigenvalue weighted by Crippen LogP contribution is -2.48. The standard InChI is InChI=1S/C15H28N2O2S/c1-10(2)13-15(18)17(11(3)9-20(4)19)14(16-13)12-7-5-6-8-12/h10-14,16H,5-9H2,1-4H3. The zero-order valence-electron chi connectivity index (χ0n) is 13.1. The van der Waals surface area contributed by atoms with Crippen LogP contribution in [0.25, 0.3) is 0 Å². The number of carbonyl (C=O) groups is 1. The lowest BCUT2D eigenvalue weighted by Gasteiger charge is -2.33. The van der Waals surface area contributed by atoms with Crippen LogP contribution in [0.4, 0.5) is 0 Å². The van der Waals surface area contributed by atoms with Crippen molar-refractivity contribution in [1.82, 2.24) is 10.2 Å². The number of amides is 1. The molecule has 1 saturated carbocycles. The molecule has 2 rings (SSSR count). The van der Waals surface area contributed by atoms with Crippen molar-refractivity contribution < 1.29 is 9.00 Å². The average Bonchev–Trinajstić information content (AvgIpc) is 2.94. The Morgan fingerprint density at radius 3 is 2.40 bits per heavy atom. The van der Waals surface area contributed by atoms with Gasteiger partial charge in [-0.3, -0.25) is 14.3 Å². The van der Waals surface area contributed by atoms with Gasteiger partial charge in [0.1, 0.15) is 0 Å². The van der Waals surface area contributed by atoms with E-state index in [-0.39, 0.29) is 24.2 Å². The zero-order valence-corrected chi connectivity index (χ0v) is 13.9. The van der Waals surface area contributed by atoms with E-state index >= 15 is 0 Å². The number of carbonyl (C=O) groups excluding carboxylic acids is 1. The van der Waals surface area contributed by atoms with Gasteiger partial charge in [-0.25, -0.2) is 0 Å². The Kier molecular flexibility index (Phi) is 5.24. The van der Waals surface area contributed by atoms with Crippen LogP contribution in [0.5, 0.6) is 0 Å². The summed E-state index contributed by atoms with van der Waals surface area (Å²) in [5.74, 6) is 1.64. The van der Waals surface area contributed by atoms with Crippen LogP contribution in [-0.4, -0.2) is 45.3 Å². The fourth-order valence-electron chi connectivity index (χ4n) is 3.66. The summed E-state index contributed by atoms with van der Waals surface area (Å²) in [7, 11) is -0.867. The number of hydrogen-bond donors (Lipinski definition) is 1. The molecule has 0 aromatic carbocycles. The summed E-state index contributed by atoms with van der Waals surface area (Å²) in [6.07, 6.45) is 6.81. The van der Waals surface area contributed by atoms with E-state index in [9.17, 15) is 9.00 Å². The Morgan fingerprint density at radius 2 is 1.90 bits per heavy atom. The van der Waals surface area contributed by atoms with E-state index in [4.69, 9.17) is 0 Å². The Morgan fingerprint density at radius 1 is 1.30 bits per heavy atom. The molecule has 20 heavy (non-hydrogen) atoms. The summed E-state index contributed by atoms with van der Waals surface area (Å²) in [6.45, 7) is 6.21. The molecule has 4 atom stereocenters. The zero-order chi connectivity index (χ0) is 14.9. The van der Waals surface area contributed by atoms with Crippen molar-refractivity contribution in [1.29, 1.82) is 0 Å². The van der Waals surface area contributed by atoms with E-state index in [1.807, 2.05) is 11.8 Å². The van der Waals surface area contributed by atoms with Crippen LogP contribution in [0.1, 0.15) is 46.5 Å². The highest BCUT2D eigenvalue weighted by Crippen LogP contribution is 2.34. The predicted octanol–water partition coefficient (Wildman–Crippen LogP) is 1.73. The third kappa shape index (κ3) is 3.25. The van der Waals surface area contributed by atoms with E-state index in [0.29, 0.717) is 17.6 Å². The lowest BCUT2D eigenvalue weighted by molar-refractivity contribution is -0.132. The molecule has 4 unspecified atom stereocenters. The van der Waals surface area contributed by atoms with Gasteiger partial charge in [-0.2, -0.15) is 0 Å². The molecule has 0 radical (unpaired) electrons. The first-order valence-electron chi connectivity index (χ1n) is 7.80. The molecule has 0 spiro atoms. The maximum absolute atomic E-state index is 12.7. The first kappa shape index (κ1) is 16.0. The van der Waals surface area contributed by atoms with Crippen molar-refractivity contribution in [2.75, 3.05) is 12.0 Å². The van der Waals surface area contributed by atoms with Gasteiger partial charge < -0.3 is 4.90 Å². The van der Waals surface area contributed by atoms with Crippen LogP contribution >= 0.6 is 0 Å². The van der Waals surface area contributed by atoms with E-state index in [1.54, 1.807) is 6.26 Å². The fraction of sp³-hybridized carbons (Fsp3) is 0.933. The number of nitrogens with one attached hydrogen (secondary N) is 1. The van der Waals surface area contributed by atoms with Crippen LogP contribution in [0.3, 0.4) is 0 Å². The molecular formula is C15H28N2O2S. The van der Waals surface area contributed by atoms with Crippen LogP contribution in [0, 0.1) is 11.8 Å². The first-order chi connectivity index (χ1) is 9.41. The van der Waals surface area contributed by atoms with Crippen molar-refractivity contribution in [3.63, 3.8) is 0 Å². The number of nitrogens with zero attached hydrogens (tertiary/aromatic N) is 1. The van der Waals surface area contributed by atoms with Crippen LogP contribution in [0.2, 0.25) is 0 Å². The van der Waals surface area contributed by atoms with E-state index in [2.05, 4.69) is 19.2 Å². The Balaban J connectivity index is 2.17. The second-order valence-electron chi connectivity index (χ2n) is 6.71. The van der Waals surface area contributed by atoms with Crippen molar-refractivity contribution in [3.8, 4) is 0 Å². The number of hydrogen-bond acceptors (Lipinski definition) is 3. The molecule has 0 bridgehead atoms. The van der Waals surface area contributed by atoms with Gasteiger partial charge in [0.25, 0.3) is 0 Å². The minimum absolute atomic E-state index is 0.0511. The fourth-order valence-corrected chi connectivity index (χ4v) is 4.50. The molecule has 1 aliphatic carbocycles. The first-order valence-corrected chi connectivity index (χ1v) is 9.52. The molecule has 2 fully saturated rings. The van der Waals surface area contributed by atoms with Crippen LogP contribution < -0.4 is 5.32 Å². The highest BCUT2D eigenvalue weighted by atomic mass is 32.2. The Hall–Kier alpha value is -0.420. The van der Waals surface area contributed by atoms with Crippen molar-refractivity contribution in [2.24, 2.45) is 11.8 Å². The quantitative estimate of drug-likeness (QED) is 0.841. The second-order valence-corrected chi connectivity index (χ2v) is 8.19. The van der Waals surface area contributed by atoms with Crippen LogP contribution in [-0.2, 0) is 15.6 Å². The second kappa shape index (κ2) is 6.56. The third-order valence-electron chi connectivity index (χ3n) is 4.63. The molecular weight excluding hydrogens is 272 g/mol. The van der Waals surface area contributed by atoms with Crippen molar-refractivity contribution in [3.05, 3.63) is 0 Å². The Labute approximate surface area is 125 Å². The van der Waals surface area contributed by atoms with Gasteiger partial charge in [0.05, 0.1) is 12.2 Å². The van der Waals surface area contributed by atoms with Gasteiger partial charge in [-0.05, 0) is 31.6 Å². The maximum Gasteiger partial charge on any atom is 0.241 e. The number of rotatable bonds is 5. The molecule has 1 heterocycles. The highest BCUT2D eigenvalue weighted by molar-refractivity contribution is 7.84. The maximum atomic E-state index is 12.7. The average molecular weight is 300 g/mol. The van der Waals surface area contributed by atoms with E-state index in [1.165, 1.54) is 25.7 Å². The molecule has 0 aromatic heterocycles.